The maximum absolute atomic E-state index is 9.02. The molecule has 0 fully saturated rings. The van der Waals surface area contributed by atoms with Gasteiger partial charge in [-0.25, -0.2) is 0 Å². The van der Waals surface area contributed by atoms with Gasteiger partial charge in [0.15, 0.2) is 0 Å². The molecule has 5 heteroatoms. The van der Waals surface area contributed by atoms with Crippen LogP contribution in [0.15, 0.2) is 36.4 Å². The van der Waals surface area contributed by atoms with E-state index in [2.05, 4.69) is 6.07 Å². The van der Waals surface area contributed by atoms with E-state index in [1.54, 1.807) is 30.3 Å². The number of hydrogen-bond acceptors (Lipinski definition) is 3. The lowest BCUT2D eigenvalue weighted by molar-refractivity contribution is 0.306. The van der Waals surface area contributed by atoms with Crippen LogP contribution in [0.2, 0.25) is 10.0 Å². The summed E-state index contributed by atoms with van der Waals surface area (Å²) in [6, 6.07) is 12.5. The van der Waals surface area contributed by atoms with Crippen LogP contribution in [-0.2, 0) is 6.61 Å². The van der Waals surface area contributed by atoms with Crippen molar-refractivity contribution in [3.05, 3.63) is 57.6 Å². The van der Waals surface area contributed by atoms with Crippen LogP contribution in [0.1, 0.15) is 11.1 Å². The predicted octanol–water partition coefficient (Wildman–Crippen LogP) is 4.45. The van der Waals surface area contributed by atoms with Crippen molar-refractivity contribution < 1.29 is 9.47 Å². The fourth-order valence-electron chi connectivity index (χ4n) is 1.67. The van der Waals surface area contributed by atoms with Gasteiger partial charge in [-0.05, 0) is 29.8 Å². The molecule has 2 aromatic carbocycles. The fraction of sp³-hybridized carbons (Fsp3) is 0.133. The molecule has 2 aromatic rings. The minimum Gasteiger partial charge on any atom is -0.495 e. The van der Waals surface area contributed by atoms with Gasteiger partial charge in [0.25, 0.3) is 0 Å². The van der Waals surface area contributed by atoms with E-state index in [0.29, 0.717) is 33.7 Å². The Morgan fingerprint density at radius 1 is 1.10 bits per heavy atom. The molecule has 0 radical (unpaired) electrons. The molecule has 0 amide bonds. The summed E-state index contributed by atoms with van der Waals surface area (Å²) in [5.74, 6) is 1.17. The highest BCUT2D eigenvalue weighted by atomic mass is 35.5. The summed E-state index contributed by atoms with van der Waals surface area (Å²) in [5, 5.41) is 9.95. The standard InChI is InChI=1S/C15H11Cl2NO2/c1-19-15-5-2-10(6-11(15)8-18)9-20-12-3-4-13(16)14(17)7-12/h2-7H,9H2,1H3. The monoisotopic (exact) mass is 307 g/mol. The molecule has 0 saturated heterocycles. The molecule has 102 valence electrons. The lowest BCUT2D eigenvalue weighted by atomic mass is 10.1. The number of hydrogen-bond donors (Lipinski definition) is 0. The first-order valence-corrected chi connectivity index (χ1v) is 6.54. The third-order valence-electron chi connectivity index (χ3n) is 2.68. The Hall–Kier alpha value is -1.89. The molecule has 0 aliphatic carbocycles. The van der Waals surface area contributed by atoms with Gasteiger partial charge in [-0.15, -0.1) is 0 Å². The molecule has 0 bridgehead atoms. The quantitative estimate of drug-likeness (QED) is 0.838. The van der Waals surface area contributed by atoms with Gasteiger partial charge in [-0.1, -0.05) is 29.3 Å². The van der Waals surface area contributed by atoms with E-state index < -0.39 is 0 Å². The van der Waals surface area contributed by atoms with Crippen LogP contribution < -0.4 is 9.47 Å². The molecule has 3 nitrogen and oxygen atoms in total. The highest BCUT2D eigenvalue weighted by molar-refractivity contribution is 6.42. The van der Waals surface area contributed by atoms with Crippen LogP contribution in [0.5, 0.6) is 11.5 Å². The Bertz CT molecular complexity index is 665. The third-order valence-corrected chi connectivity index (χ3v) is 3.42. The Morgan fingerprint density at radius 2 is 1.90 bits per heavy atom. The zero-order valence-corrected chi connectivity index (χ0v) is 12.2. The summed E-state index contributed by atoms with van der Waals surface area (Å²) in [5.41, 5.74) is 1.34. The number of halogens is 2. The average Bonchev–Trinajstić information content (AvgIpc) is 2.48. The van der Waals surface area contributed by atoms with Gasteiger partial charge < -0.3 is 9.47 Å². The predicted molar refractivity (Wildman–Crippen MR) is 78.5 cm³/mol. The SMILES string of the molecule is COc1ccc(COc2ccc(Cl)c(Cl)c2)cc1C#N. The summed E-state index contributed by atoms with van der Waals surface area (Å²) in [4.78, 5) is 0. The maximum Gasteiger partial charge on any atom is 0.136 e. The van der Waals surface area contributed by atoms with Gasteiger partial charge in [-0.3, -0.25) is 0 Å². The van der Waals surface area contributed by atoms with Crippen LogP contribution in [-0.4, -0.2) is 7.11 Å². The Labute approximate surface area is 127 Å². The van der Waals surface area contributed by atoms with Gasteiger partial charge in [0.1, 0.15) is 24.2 Å². The topological polar surface area (TPSA) is 42.2 Å². The summed E-state index contributed by atoms with van der Waals surface area (Å²) < 4.78 is 10.7. The number of nitriles is 1. The van der Waals surface area contributed by atoms with Crippen molar-refractivity contribution in [3.8, 4) is 17.6 Å². The minimum atomic E-state index is 0.330. The van der Waals surface area contributed by atoms with E-state index in [-0.39, 0.29) is 0 Å². The van der Waals surface area contributed by atoms with Crippen molar-refractivity contribution in [1.29, 1.82) is 5.26 Å². The first-order chi connectivity index (χ1) is 9.63. The second-order valence-electron chi connectivity index (χ2n) is 4.01. The second-order valence-corrected chi connectivity index (χ2v) is 4.83. The van der Waals surface area contributed by atoms with E-state index in [4.69, 9.17) is 37.9 Å². The van der Waals surface area contributed by atoms with Gasteiger partial charge in [0, 0.05) is 6.07 Å². The zero-order valence-electron chi connectivity index (χ0n) is 10.7. The largest absolute Gasteiger partial charge is 0.495 e. The van der Waals surface area contributed by atoms with E-state index in [0.717, 1.165) is 5.56 Å². The van der Waals surface area contributed by atoms with Gasteiger partial charge in [0.2, 0.25) is 0 Å². The molecule has 0 N–H and O–H groups in total. The molecule has 0 unspecified atom stereocenters. The van der Waals surface area contributed by atoms with E-state index in [9.17, 15) is 0 Å². The summed E-state index contributed by atoms with van der Waals surface area (Å²) in [6.07, 6.45) is 0. The summed E-state index contributed by atoms with van der Waals surface area (Å²) in [7, 11) is 1.53. The van der Waals surface area contributed by atoms with Crippen molar-refractivity contribution in [1.82, 2.24) is 0 Å². The van der Waals surface area contributed by atoms with Crippen LogP contribution in [0.4, 0.5) is 0 Å². The summed E-state index contributed by atoms with van der Waals surface area (Å²) >= 11 is 11.7. The van der Waals surface area contributed by atoms with Gasteiger partial charge in [0.05, 0.1) is 22.7 Å². The number of rotatable bonds is 4. The molecule has 0 saturated carbocycles. The van der Waals surface area contributed by atoms with Crippen molar-refractivity contribution in [2.75, 3.05) is 7.11 Å². The molecule has 2 rings (SSSR count). The lowest BCUT2D eigenvalue weighted by Crippen LogP contribution is -1.97. The molecule has 0 spiro atoms. The first kappa shape index (κ1) is 14.5. The van der Waals surface area contributed by atoms with Crippen LogP contribution in [0.25, 0.3) is 0 Å². The van der Waals surface area contributed by atoms with Gasteiger partial charge >= 0.3 is 0 Å². The van der Waals surface area contributed by atoms with E-state index >= 15 is 0 Å². The normalized spacial score (nSPS) is 9.90. The van der Waals surface area contributed by atoms with Crippen LogP contribution in [0.3, 0.4) is 0 Å². The Balaban J connectivity index is 2.11. The average molecular weight is 308 g/mol. The van der Waals surface area contributed by atoms with Crippen LogP contribution in [0, 0.1) is 11.3 Å². The number of benzene rings is 2. The van der Waals surface area contributed by atoms with Crippen molar-refractivity contribution >= 4 is 23.2 Å². The highest BCUT2D eigenvalue weighted by Gasteiger charge is 2.05. The highest BCUT2D eigenvalue weighted by Crippen LogP contribution is 2.27. The van der Waals surface area contributed by atoms with Crippen LogP contribution >= 0.6 is 23.2 Å². The maximum atomic E-state index is 9.02. The van der Waals surface area contributed by atoms with Gasteiger partial charge in [-0.2, -0.15) is 5.26 Å². The molecular formula is C15H11Cl2NO2. The summed E-state index contributed by atoms with van der Waals surface area (Å²) in [6.45, 7) is 0.330. The minimum absolute atomic E-state index is 0.330. The number of methoxy groups -OCH3 is 1. The van der Waals surface area contributed by atoms with E-state index in [1.165, 1.54) is 7.11 Å². The van der Waals surface area contributed by atoms with E-state index in [1.807, 2.05) is 6.07 Å². The zero-order chi connectivity index (χ0) is 14.5. The smallest absolute Gasteiger partial charge is 0.136 e. The number of nitrogens with zero attached hydrogens (tertiary/aromatic N) is 1. The molecule has 0 atom stereocenters. The Morgan fingerprint density at radius 3 is 2.55 bits per heavy atom. The van der Waals surface area contributed by atoms with Crippen molar-refractivity contribution in [2.24, 2.45) is 0 Å². The lowest BCUT2D eigenvalue weighted by Gasteiger charge is -2.09. The first-order valence-electron chi connectivity index (χ1n) is 5.79. The fourth-order valence-corrected chi connectivity index (χ4v) is 1.95. The molecule has 0 aliphatic heterocycles. The molecular weight excluding hydrogens is 297 g/mol. The third kappa shape index (κ3) is 3.36. The molecule has 20 heavy (non-hydrogen) atoms. The van der Waals surface area contributed by atoms with Crippen molar-refractivity contribution in [2.45, 2.75) is 6.61 Å². The second kappa shape index (κ2) is 6.51. The molecule has 0 aromatic heterocycles. The Kier molecular flexibility index (Phi) is 4.73. The molecule has 0 heterocycles. The molecule has 0 aliphatic rings. The number of ether oxygens (including phenoxy) is 2. The van der Waals surface area contributed by atoms with Crippen molar-refractivity contribution in [3.63, 3.8) is 0 Å².